The van der Waals surface area contributed by atoms with E-state index < -0.39 is 10.5 Å². The Bertz CT molecular complexity index is 1280. The second-order valence-electron chi connectivity index (χ2n) is 7.63. The number of nitro groups is 1. The molecule has 2 aromatic carbocycles. The molecule has 5 rings (SSSR count). The van der Waals surface area contributed by atoms with E-state index >= 15 is 0 Å². The summed E-state index contributed by atoms with van der Waals surface area (Å²) >= 11 is 0. The van der Waals surface area contributed by atoms with E-state index in [-0.39, 0.29) is 24.3 Å². The van der Waals surface area contributed by atoms with E-state index in [9.17, 15) is 14.5 Å². The fourth-order valence-corrected chi connectivity index (χ4v) is 3.49. The molecule has 1 aliphatic heterocycles. The lowest BCUT2D eigenvalue weighted by atomic mass is 10.1. The summed E-state index contributed by atoms with van der Waals surface area (Å²) in [4.78, 5) is 14.2. The van der Waals surface area contributed by atoms with Crippen molar-refractivity contribution in [2.75, 3.05) is 6.61 Å². The molecule has 1 atom stereocenters. The highest BCUT2D eigenvalue weighted by atomic mass is 19.1. The molecule has 0 aliphatic carbocycles. The van der Waals surface area contributed by atoms with Gasteiger partial charge < -0.3 is 19.6 Å². The van der Waals surface area contributed by atoms with E-state index in [1.165, 1.54) is 18.3 Å². The minimum Gasteiger partial charge on any atom is -0.487 e. The first kappa shape index (κ1) is 19.7. The topological polar surface area (TPSA) is 110 Å². The normalized spacial score (nSPS) is 17.1. The lowest BCUT2D eigenvalue weighted by Crippen LogP contribution is -2.38. The van der Waals surface area contributed by atoms with Crippen LogP contribution in [-0.2, 0) is 6.54 Å². The smallest absolute Gasteiger partial charge is 0.415 e. The number of rotatable bonds is 6. The highest BCUT2D eigenvalue weighted by molar-refractivity contribution is 5.58. The molecule has 0 fully saturated rings. The highest BCUT2D eigenvalue weighted by Crippen LogP contribution is 2.32. The van der Waals surface area contributed by atoms with Crippen molar-refractivity contribution in [3.63, 3.8) is 0 Å². The lowest BCUT2D eigenvalue weighted by molar-refractivity contribution is -0.389. The van der Waals surface area contributed by atoms with Crippen molar-refractivity contribution in [3.05, 3.63) is 76.9 Å². The zero-order valence-electron chi connectivity index (χ0n) is 16.9. The number of ether oxygens (including phenoxy) is 2. The van der Waals surface area contributed by atoms with Gasteiger partial charge in [0.05, 0.1) is 12.7 Å². The molecule has 0 radical (unpaired) electrons. The molecule has 0 spiro atoms. The second kappa shape index (κ2) is 7.45. The molecule has 0 amide bonds. The van der Waals surface area contributed by atoms with Crippen LogP contribution in [0.5, 0.6) is 11.8 Å². The Balaban J connectivity index is 1.33. The molecule has 2 aromatic heterocycles. The molecular weight excluding hydrogens is 419 g/mol. The number of hydrogen-bond acceptors (Lipinski definition) is 7. The third-order valence-electron chi connectivity index (χ3n) is 5.04. The van der Waals surface area contributed by atoms with Crippen molar-refractivity contribution < 1.29 is 18.8 Å². The van der Waals surface area contributed by atoms with Gasteiger partial charge in [-0.3, -0.25) is 4.57 Å². The molecule has 0 saturated heterocycles. The number of benzene rings is 2. The summed E-state index contributed by atoms with van der Waals surface area (Å²) in [6.45, 7) is 2.39. The summed E-state index contributed by atoms with van der Waals surface area (Å²) in [5.41, 5.74) is 1.26. The van der Waals surface area contributed by atoms with Gasteiger partial charge >= 0.3 is 11.8 Å². The van der Waals surface area contributed by atoms with E-state index in [2.05, 4.69) is 15.3 Å². The Morgan fingerprint density at radius 2 is 2.00 bits per heavy atom. The van der Waals surface area contributed by atoms with Crippen molar-refractivity contribution in [2.24, 2.45) is 0 Å². The van der Waals surface area contributed by atoms with Gasteiger partial charge in [-0.05, 0) is 48.2 Å². The molecule has 1 aliphatic rings. The van der Waals surface area contributed by atoms with Crippen molar-refractivity contribution in [1.29, 1.82) is 0 Å². The number of imidazole rings is 1. The Morgan fingerprint density at radius 3 is 2.75 bits per heavy atom. The first-order chi connectivity index (χ1) is 15.4. The van der Waals surface area contributed by atoms with Crippen LogP contribution in [-0.4, -0.2) is 41.7 Å². The third kappa shape index (κ3) is 3.64. The fourth-order valence-electron chi connectivity index (χ4n) is 3.49. The van der Waals surface area contributed by atoms with Gasteiger partial charge in [0.25, 0.3) is 0 Å². The van der Waals surface area contributed by atoms with Crippen LogP contribution in [0.4, 0.5) is 10.2 Å². The van der Waals surface area contributed by atoms with E-state index in [0.717, 1.165) is 5.56 Å². The molecule has 10 nitrogen and oxygen atoms in total. The lowest BCUT2D eigenvalue weighted by Gasteiger charge is -2.22. The Morgan fingerprint density at radius 1 is 1.22 bits per heavy atom. The zero-order valence-corrected chi connectivity index (χ0v) is 16.9. The van der Waals surface area contributed by atoms with Crippen LogP contribution in [0, 0.1) is 15.9 Å². The van der Waals surface area contributed by atoms with Crippen LogP contribution < -0.4 is 9.47 Å². The minimum absolute atomic E-state index is 0.181. The van der Waals surface area contributed by atoms with Crippen LogP contribution in [0.2, 0.25) is 0 Å². The van der Waals surface area contributed by atoms with E-state index in [4.69, 9.17) is 9.47 Å². The van der Waals surface area contributed by atoms with Crippen LogP contribution in [0.1, 0.15) is 6.92 Å². The average Bonchev–Trinajstić information content (AvgIpc) is 3.47. The van der Waals surface area contributed by atoms with Crippen LogP contribution in [0.3, 0.4) is 0 Å². The van der Waals surface area contributed by atoms with Gasteiger partial charge in [-0.1, -0.05) is 17.3 Å². The number of para-hydroxylation sites is 2. The first-order valence-electron chi connectivity index (χ1n) is 9.71. The number of nitrogens with zero attached hydrogens (tertiary/aromatic N) is 6. The van der Waals surface area contributed by atoms with E-state index in [0.29, 0.717) is 23.7 Å². The SMILES string of the molecule is C[C@]1(COc2ccccc2-n2cc(-c3ccc(F)cc3)nn2)Cn2cc([N+](=O)[O-])nc2O1. The Labute approximate surface area is 181 Å². The molecule has 162 valence electrons. The average molecular weight is 436 g/mol. The van der Waals surface area contributed by atoms with Crippen LogP contribution >= 0.6 is 0 Å². The van der Waals surface area contributed by atoms with Gasteiger partial charge in [-0.25, -0.2) is 9.07 Å². The molecule has 11 heteroatoms. The van der Waals surface area contributed by atoms with Gasteiger partial charge in [0.15, 0.2) is 5.60 Å². The second-order valence-corrected chi connectivity index (χ2v) is 7.63. The monoisotopic (exact) mass is 436 g/mol. The van der Waals surface area contributed by atoms with Crippen molar-refractivity contribution >= 4 is 5.82 Å². The maximum absolute atomic E-state index is 13.2. The maximum atomic E-state index is 13.2. The molecule has 3 heterocycles. The molecule has 0 bridgehead atoms. The minimum atomic E-state index is -0.744. The Kier molecular flexibility index (Phi) is 4.58. The summed E-state index contributed by atoms with van der Waals surface area (Å²) in [7, 11) is 0. The summed E-state index contributed by atoms with van der Waals surface area (Å²) in [5, 5.41) is 19.2. The summed E-state index contributed by atoms with van der Waals surface area (Å²) in [6.07, 6.45) is 3.08. The van der Waals surface area contributed by atoms with Gasteiger partial charge in [0, 0.05) is 10.5 Å². The van der Waals surface area contributed by atoms with Gasteiger partial charge in [-0.15, -0.1) is 5.10 Å². The summed E-state index contributed by atoms with van der Waals surface area (Å²) < 4.78 is 28.2. The first-order valence-corrected chi connectivity index (χ1v) is 9.71. The molecule has 0 saturated carbocycles. The standard InChI is InChI=1S/C21H17FN6O4/c1-21(12-26-11-19(28(29)30)23-20(26)32-21)13-31-18-5-3-2-4-17(18)27-10-16(24-25-27)14-6-8-15(22)9-7-14/h2-11H,12-13H2,1H3/t21-/m1/s1. The largest absolute Gasteiger partial charge is 0.487 e. The van der Waals surface area contributed by atoms with Crippen molar-refractivity contribution in [1.82, 2.24) is 24.5 Å². The number of halogens is 1. The molecule has 4 aromatic rings. The fraction of sp³-hybridized carbons (Fsp3) is 0.190. The predicted molar refractivity (Wildman–Crippen MR) is 110 cm³/mol. The van der Waals surface area contributed by atoms with Crippen molar-refractivity contribution in [2.45, 2.75) is 19.1 Å². The van der Waals surface area contributed by atoms with E-state index in [1.54, 1.807) is 33.6 Å². The Hall–Kier alpha value is -4.28. The zero-order chi connectivity index (χ0) is 22.3. The van der Waals surface area contributed by atoms with Gasteiger partial charge in [0.1, 0.15) is 35.8 Å². The third-order valence-corrected chi connectivity index (χ3v) is 5.04. The number of hydrogen-bond donors (Lipinski definition) is 0. The molecule has 0 unspecified atom stereocenters. The quantitative estimate of drug-likeness (QED) is 0.336. The van der Waals surface area contributed by atoms with Gasteiger partial charge in [-0.2, -0.15) is 0 Å². The predicted octanol–water partition coefficient (Wildman–Crippen LogP) is 3.41. The number of aromatic nitrogens is 5. The van der Waals surface area contributed by atoms with Crippen LogP contribution in [0.25, 0.3) is 16.9 Å². The number of fused-ring (bicyclic) bond motifs is 1. The highest BCUT2D eigenvalue weighted by Gasteiger charge is 2.41. The maximum Gasteiger partial charge on any atom is 0.415 e. The molecule has 0 N–H and O–H groups in total. The van der Waals surface area contributed by atoms with E-state index in [1.807, 2.05) is 25.1 Å². The molecule has 32 heavy (non-hydrogen) atoms. The molecular formula is C21H17FN6O4. The summed E-state index contributed by atoms with van der Waals surface area (Å²) in [5.74, 6) is -0.0149. The van der Waals surface area contributed by atoms with Crippen molar-refractivity contribution in [3.8, 4) is 28.7 Å². The van der Waals surface area contributed by atoms with Crippen LogP contribution in [0.15, 0.2) is 60.9 Å². The van der Waals surface area contributed by atoms with Gasteiger partial charge in [0.2, 0.25) is 0 Å². The summed E-state index contributed by atoms with van der Waals surface area (Å²) in [6, 6.07) is 13.5.